The first-order valence-corrected chi connectivity index (χ1v) is 8.20. The lowest BCUT2D eigenvalue weighted by atomic mass is 10.1. The molecule has 0 aliphatic carbocycles. The first-order chi connectivity index (χ1) is 9.90. The second-order valence-corrected chi connectivity index (χ2v) is 6.76. The highest BCUT2D eigenvalue weighted by Gasteiger charge is 2.17. The molecule has 7 heteroatoms. The summed E-state index contributed by atoms with van der Waals surface area (Å²) in [5, 5.41) is 0. The number of nitrogen functional groups attached to an aromatic ring is 1. The lowest BCUT2D eigenvalue weighted by Gasteiger charge is -2.11. The van der Waals surface area contributed by atoms with Gasteiger partial charge in [-0.3, -0.25) is 0 Å². The average molecular weight is 308 g/mol. The number of rotatable bonds is 6. The molecule has 0 saturated carbocycles. The third-order valence-corrected chi connectivity index (χ3v) is 4.88. The van der Waals surface area contributed by atoms with Crippen molar-refractivity contribution in [2.24, 2.45) is 0 Å². The van der Waals surface area contributed by atoms with E-state index in [-0.39, 0.29) is 10.6 Å². The van der Waals surface area contributed by atoms with Crippen molar-refractivity contribution in [3.05, 3.63) is 42.0 Å². The van der Waals surface area contributed by atoms with Crippen LogP contribution in [0.25, 0.3) is 0 Å². The Kier molecular flexibility index (Phi) is 4.64. The summed E-state index contributed by atoms with van der Waals surface area (Å²) in [5.41, 5.74) is 7.99. The minimum atomic E-state index is -3.57. The van der Waals surface area contributed by atoms with Gasteiger partial charge in [0.2, 0.25) is 10.0 Å². The fourth-order valence-corrected chi connectivity index (χ4v) is 3.28. The summed E-state index contributed by atoms with van der Waals surface area (Å²) in [6.45, 7) is 4.84. The smallest absolute Gasteiger partial charge is 0.242 e. The maximum absolute atomic E-state index is 12.3. The predicted molar refractivity (Wildman–Crippen MR) is 82.4 cm³/mol. The van der Waals surface area contributed by atoms with Crippen LogP contribution < -0.4 is 10.5 Å². The highest BCUT2D eigenvalue weighted by molar-refractivity contribution is 7.89. The maximum Gasteiger partial charge on any atom is 0.242 e. The predicted octanol–water partition coefficient (Wildman–Crippen LogP) is 1.45. The Morgan fingerprint density at radius 3 is 2.67 bits per heavy atom. The molecule has 0 amide bonds. The van der Waals surface area contributed by atoms with Crippen molar-refractivity contribution >= 4 is 15.7 Å². The molecule has 21 heavy (non-hydrogen) atoms. The molecule has 0 fully saturated rings. The fraction of sp³-hybridized carbons (Fsp3) is 0.357. The van der Waals surface area contributed by atoms with Crippen molar-refractivity contribution in [2.75, 3.05) is 12.3 Å². The average Bonchev–Trinajstić information content (AvgIpc) is 2.92. The number of hydrogen-bond donors (Lipinski definition) is 2. The summed E-state index contributed by atoms with van der Waals surface area (Å²) in [5.74, 6) is 0. The topological polar surface area (TPSA) is 90.0 Å². The van der Waals surface area contributed by atoms with E-state index in [1.165, 1.54) is 0 Å². The Labute approximate surface area is 125 Å². The van der Waals surface area contributed by atoms with Gasteiger partial charge in [0.05, 0.1) is 12.0 Å². The molecule has 0 saturated heterocycles. The maximum atomic E-state index is 12.3. The van der Waals surface area contributed by atoms with E-state index in [0.717, 1.165) is 11.1 Å². The molecule has 0 bridgehead atoms. The number of benzene rings is 1. The van der Waals surface area contributed by atoms with Crippen LogP contribution in [0.15, 0.2) is 35.7 Å². The Morgan fingerprint density at radius 2 is 2.00 bits per heavy atom. The van der Waals surface area contributed by atoms with E-state index in [2.05, 4.69) is 9.71 Å². The van der Waals surface area contributed by atoms with Crippen molar-refractivity contribution < 1.29 is 8.42 Å². The quantitative estimate of drug-likeness (QED) is 0.624. The number of aromatic nitrogens is 2. The van der Waals surface area contributed by atoms with Crippen LogP contribution in [-0.2, 0) is 16.6 Å². The molecule has 6 nitrogen and oxygen atoms in total. The van der Waals surface area contributed by atoms with Gasteiger partial charge in [0.1, 0.15) is 4.90 Å². The van der Waals surface area contributed by atoms with E-state index in [4.69, 9.17) is 5.73 Å². The Morgan fingerprint density at radius 1 is 1.29 bits per heavy atom. The minimum Gasteiger partial charge on any atom is -0.398 e. The number of aryl methyl sites for hydroxylation is 3. The number of sulfonamides is 1. The van der Waals surface area contributed by atoms with Crippen molar-refractivity contribution in [3.63, 3.8) is 0 Å². The summed E-state index contributed by atoms with van der Waals surface area (Å²) in [6, 6.07) is 3.30. The largest absolute Gasteiger partial charge is 0.398 e. The summed E-state index contributed by atoms with van der Waals surface area (Å²) >= 11 is 0. The van der Waals surface area contributed by atoms with Gasteiger partial charge in [0, 0.05) is 25.5 Å². The van der Waals surface area contributed by atoms with Gasteiger partial charge in [-0.2, -0.15) is 0 Å². The summed E-state index contributed by atoms with van der Waals surface area (Å²) in [6.07, 6.45) is 5.92. The van der Waals surface area contributed by atoms with Gasteiger partial charge in [-0.1, -0.05) is 0 Å². The van der Waals surface area contributed by atoms with Crippen molar-refractivity contribution in [1.82, 2.24) is 14.3 Å². The van der Waals surface area contributed by atoms with Crippen LogP contribution in [0.2, 0.25) is 0 Å². The molecular formula is C14H20N4O2S. The summed E-state index contributed by atoms with van der Waals surface area (Å²) in [4.78, 5) is 4.08. The molecule has 1 aromatic heterocycles. The third-order valence-electron chi connectivity index (χ3n) is 3.36. The standard InChI is InChI=1S/C14H20N4O2S/c1-11-8-13(15)14(9-12(11)2)21(19,20)17-4-3-6-18-7-5-16-10-18/h5,7-10,17H,3-4,6,15H2,1-2H3. The Balaban J connectivity index is 2.00. The number of imidazole rings is 1. The van der Waals surface area contributed by atoms with Crippen LogP contribution in [-0.4, -0.2) is 24.5 Å². The molecule has 0 aliphatic heterocycles. The Hall–Kier alpha value is -1.86. The van der Waals surface area contributed by atoms with Crippen LogP contribution in [0.1, 0.15) is 17.5 Å². The van der Waals surface area contributed by atoms with Gasteiger partial charge in [0.15, 0.2) is 0 Å². The summed E-state index contributed by atoms with van der Waals surface area (Å²) in [7, 11) is -3.57. The second kappa shape index (κ2) is 6.28. The fourth-order valence-electron chi connectivity index (χ4n) is 2.01. The monoisotopic (exact) mass is 308 g/mol. The molecule has 1 heterocycles. The highest BCUT2D eigenvalue weighted by Crippen LogP contribution is 2.22. The van der Waals surface area contributed by atoms with Crippen LogP contribution in [0.3, 0.4) is 0 Å². The molecule has 2 aromatic rings. The molecular weight excluding hydrogens is 288 g/mol. The van der Waals surface area contributed by atoms with E-state index in [0.29, 0.717) is 19.5 Å². The molecule has 0 unspecified atom stereocenters. The van der Waals surface area contributed by atoms with Crippen LogP contribution >= 0.6 is 0 Å². The highest BCUT2D eigenvalue weighted by atomic mass is 32.2. The molecule has 0 atom stereocenters. The number of hydrogen-bond acceptors (Lipinski definition) is 4. The van der Waals surface area contributed by atoms with Crippen molar-refractivity contribution in [2.45, 2.75) is 31.7 Å². The number of nitrogens with two attached hydrogens (primary N) is 1. The number of nitrogens with one attached hydrogen (secondary N) is 1. The zero-order chi connectivity index (χ0) is 15.5. The van der Waals surface area contributed by atoms with Crippen molar-refractivity contribution in [1.29, 1.82) is 0 Å². The van der Waals surface area contributed by atoms with Gasteiger partial charge in [-0.25, -0.2) is 18.1 Å². The molecule has 0 spiro atoms. The van der Waals surface area contributed by atoms with Gasteiger partial charge < -0.3 is 10.3 Å². The van der Waals surface area contributed by atoms with Crippen molar-refractivity contribution in [3.8, 4) is 0 Å². The molecule has 3 N–H and O–H groups in total. The molecule has 2 rings (SSSR count). The summed E-state index contributed by atoms with van der Waals surface area (Å²) < 4.78 is 29.0. The Bertz CT molecular complexity index is 709. The molecule has 0 radical (unpaired) electrons. The molecule has 0 aliphatic rings. The zero-order valence-corrected chi connectivity index (χ0v) is 13.0. The van der Waals surface area contributed by atoms with E-state index < -0.39 is 10.0 Å². The normalized spacial score (nSPS) is 11.7. The SMILES string of the molecule is Cc1cc(N)c(S(=O)(=O)NCCCn2ccnc2)cc1C. The van der Waals surface area contributed by atoms with E-state index >= 15 is 0 Å². The van der Waals surface area contributed by atoms with Gasteiger partial charge >= 0.3 is 0 Å². The van der Waals surface area contributed by atoms with Crippen LogP contribution in [0, 0.1) is 13.8 Å². The van der Waals surface area contributed by atoms with Gasteiger partial charge in [-0.15, -0.1) is 0 Å². The van der Waals surface area contributed by atoms with Gasteiger partial charge in [-0.05, 0) is 43.5 Å². The van der Waals surface area contributed by atoms with E-state index in [1.807, 2.05) is 24.6 Å². The molecule has 1 aromatic carbocycles. The lowest BCUT2D eigenvalue weighted by molar-refractivity contribution is 0.570. The third kappa shape index (κ3) is 3.83. The first-order valence-electron chi connectivity index (χ1n) is 6.72. The molecule has 114 valence electrons. The minimum absolute atomic E-state index is 0.147. The first kappa shape index (κ1) is 15.5. The lowest BCUT2D eigenvalue weighted by Crippen LogP contribution is -2.26. The second-order valence-electron chi connectivity index (χ2n) is 5.03. The van der Waals surface area contributed by atoms with E-state index in [9.17, 15) is 8.42 Å². The number of nitrogens with zero attached hydrogens (tertiary/aromatic N) is 2. The van der Waals surface area contributed by atoms with Crippen LogP contribution in [0.5, 0.6) is 0 Å². The van der Waals surface area contributed by atoms with Gasteiger partial charge in [0.25, 0.3) is 0 Å². The number of anilines is 1. The van der Waals surface area contributed by atoms with E-state index in [1.54, 1.807) is 24.7 Å². The van der Waals surface area contributed by atoms with Crippen LogP contribution in [0.4, 0.5) is 5.69 Å². The zero-order valence-electron chi connectivity index (χ0n) is 12.2.